The molecule has 0 aromatic rings. The van der Waals surface area contributed by atoms with E-state index in [1.54, 1.807) is 0 Å². The molecule has 0 N–H and O–H groups in total. The van der Waals surface area contributed by atoms with E-state index in [2.05, 4.69) is 6.92 Å². The Kier molecular flexibility index (Phi) is 19.2. The predicted octanol–water partition coefficient (Wildman–Crippen LogP) is -1.71. The first kappa shape index (κ1) is 12.1. The number of rotatable bonds is 3. The van der Waals surface area contributed by atoms with Crippen LogP contribution in [-0.2, 0) is 12.6 Å². The first-order valence-corrected chi connectivity index (χ1v) is 3.81. The summed E-state index contributed by atoms with van der Waals surface area (Å²) in [7, 11) is 0. The van der Waals surface area contributed by atoms with Crippen molar-refractivity contribution in [2.45, 2.75) is 6.92 Å². The summed E-state index contributed by atoms with van der Waals surface area (Å²) in [5.41, 5.74) is 0. The summed E-state index contributed by atoms with van der Waals surface area (Å²) in [4.78, 5) is 0. The van der Waals surface area contributed by atoms with Gasteiger partial charge in [0, 0.05) is 0 Å². The Balaban J connectivity index is 0. The van der Waals surface area contributed by atoms with Crippen molar-refractivity contribution in [3.05, 3.63) is 0 Å². The molecule has 0 saturated heterocycles. The van der Waals surface area contributed by atoms with E-state index in [0.717, 1.165) is 11.5 Å². The van der Waals surface area contributed by atoms with E-state index in [-0.39, 0.29) is 51.4 Å². The van der Waals surface area contributed by atoms with Gasteiger partial charge in [-0.15, -0.1) is 0 Å². The summed E-state index contributed by atoms with van der Waals surface area (Å²) >= 11 is 6.60. The second-order valence-corrected chi connectivity index (χ2v) is 2.70. The van der Waals surface area contributed by atoms with Gasteiger partial charge in [-0.05, 0) is 11.5 Å². The standard InChI is InChI=1S/C4H10S2.K/c1-2-6-4-3-5;/h5H,2-4H2,1H3;/q;+1/p-1. The molecular weight excluding hydrogens is 151 g/mol. The number of hydrogen-bond acceptors (Lipinski definition) is 2. The van der Waals surface area contributed by atoms with Gasteiger partial charge in [0.2, 0.25) is 0 Å². The molecule has 0 nitrogen and oxygen atoms in total. The fraction of sp³-hybridized carbons (Fsp3) is 1.00. The predicted molar refractivity (Wildman–Crippen MR) is 35.2 cm³/mol. The molecule has 0 atom stereocenters. The zero-order valence-corrected chi connectivity index (χ0v) is 9.69. The molecule has 0 aromatic carbocycles. The minimum absolute atomic E-state index is 0. The van der Waals surface area contributed by atoms with Gasteiger partial charge < -0.3 is 12.6 Å². The summed E-state index contributed by atoms with van der Waals surface area (Å²) in [5, 5.41) is 0. The minimum atomic E-state index is 0. The zero-order chi connectivity index (χ0) is 4.83. The third-order valence-electron chi connectivity index (χ3n) is 0.432. The van der Waals surface area contributed by atoms with E-state index in [4.69, 9.17) is 12.6 Å². The molecule has 0 aliphatic carbocycles. The fourth-order valence-electron chi connectivity index (χ4n) is 0.203. The van der Waals surface area contributed by atoms with Crippen LogP contribution in [0, 0.1) is 0 Å². The molecule has 0 unspecified atom stereocenters. The summed E-state index contributed by atoms with van der Waals surface area (Å²) in [6, 6.07) is 0. The molecule has 0 spiro atoms. The van der Waals surface area contributed by atoms with Crippen LogP contribution in [0.1, 0.15) is 6.92 Å². The molecule has 0 bridgehead atoms. The van der Waals surface area contributed by atoms with Crippen molar-refractivity contribution in [1.82, 2.24) is 0 Å². The molecule has 0 radical (unpaired) electrons. The molecule has 0 amide bonds. The van der Waals surface area contributed by atoms with Crippen LogP contribution in [0.3, 0.4) is 0 Å². The summed E-state index contributed by atoms with van der Waals surface area (Å²) < 4.78 is 0. The van der Waals surface area contributed by atoms with Crippen molar-refractivity contribution in [1.29, 1.82) is 0 Å². The van der Waals surface area contributed by atoms with Gasteiger partial charge in [-0.2, -0.15) is 17.5 Å². The quantitative estimate of drug-likeness (QED) is 0.274. The molecule has 0 aliphatic rings. The van der Waals surface area contributed by atoms with Crippen LogP contribution in [-0.4, -0.2) is 17.3 Å². The Morgan fingerprint density at radius 1 is 1.57 bits per heavy atom. The fourth-order valence-corrected chi connectivity index (χ4v) is 0.963. The van der Waals surface area contributed by atoms with Gasteiger partial charge in [-0.1, -0.05) is 6.92 Å². The third kappa shape index (κ3) is 11.8. The SMILES string of the molecule is CCSCC[S-].[K+]. The van der Waals surface area contributed by atoms with Gasteiger partial charge in [0.05, 0.1) is 0 Å². The van der Waals surface area contributed by atoms with Crippen LogP contribution in [0.15, 0.2) is 0 Å². The van der Waals surface area contributed by atoms with Gasteiger partial charge in [0.25, 0.3) is 0 Å². The average molecular weight is 160 g/mol. The zero-order valence-electron chi connectivity index (χ0n) is 4.94. The number of hydrogen-bond donors (Lipinski definition) is 0. The van der Waals surface area contributed by atoms with Crippen molar-refractivity contribution in [3.8, 4) is 0 Å². The van der Waals surface area contributed by atoms with Crippen LogP contribution in [0.25, 0.3) is 0 Å². The van der Waals surface area contributed by atoms with Gasteiger partial charge in [-0.3, -0.25) is 0 Å². The van der Waals surface area contributed by atoms with E-state index < -0.39 is 0 Å². The summed E-state index contributed by atoms with van der Waals surface area (Å²) in [6.45, 7) is 2.15. The maximum Gasteiger partial charge on any atom is 1.00 e. The normalized spacial score (nSPS) is 7.71. The van der Waals surface area contributed by atoms with Crippen molar-refractivity contribution >= 4 is 24.4 Å². The van der Waals surface area contributed by atoms with Gasteiger partial charge in [-0.25, -0.2) is 0 Å². The Morgan fingerprint density at radius 2 is 2.14 bits per heavy atom. The maximum absolute atomic E-state index is 4.70. The molecule has 0 saturated carbocycles. The van der Waals surface area contributed by atoms with Crippen LogP contribution >= 0.6 is 11.8 Å². The molecule has 0 aromatic heterocycles. The van der Waals surface area contributed by atoms with Crippen LogP contribution in [0.4, 0.5) is 0 Å². The molecular formula is C4H9KS2. The van der Waals surface area contributed by atoms with Crippen molar-refractivity contribution < 1.29 is 51.4 Å². The van der Waals surface area contributed by atoms with E-state index in [1.807, 2.05) is 11.8 Å². The molecule has 0 rings (SSSR count). The van der Waals surface area contributed by atoms with Gasteiger partial charge in [0.15, 0.2) is 0 Å². The maximum atomic E-state index is 4.70. The molecule has 3 heteroatoms. The van der Waals surface area contributed by atoms with Crippen molar-refractivity contribution in [2.75, 3.05) is 17.3 Å². The molecule has 7 heavy (non-hydrogen) atoms. The van der Waals surface area contributed by atoms with E-state index >= 15 is 0 Å². The number of thioether (sulfide) groups is 1. The first-order valence-electron chi connectivity index (χ1n) is 2.07. The second-order valence-electron chi connectivity index (χ2n) is 0.901. The van der Waals surface area contributed by atoms with E-state index in [9.17, 15) is 0 Å². The Labute approximate surface area is 98.0 Å². The summed E-state index contributed by atoms with van der Waals surface area (Å²) in [6.07, 6.45) is 0. The molecule has 38 valence electrons. The average Bonchev–Trinajstić information content (AvgIpc) is 1.61. The Morgan fingerprint density at radius 3 is 2.29 bits per heavy atom. The second kappa shape index (κ2) is 11.2. The first-order chi connectivity index (χ1) is 2.91. The Bertz CT molecular complexity index is 21.7. The van der Waals surface area contributed by atoms with Gasteiger partial charge in [0.1, 0.15) is 0 Å². The summed E-state index contributed by atoms with van der Waals surface area (Å²) in [5.74, 6) is 3.25. The monoisotopic (exact) mass is 160 g/mol. The van der Waals surface area contributed by atoms with Crippen LogP contribution in [0.5, 0.6) is 0 Å². The van der Waals surface area contributed by atoms with E-state index in [0.29, 0.717) is 0 Å². The van der Waals surface area contributed by atoms with Crippen LogP contribution < -0.4 is 51.4 Å². The van der Waals surface area contributed by atoms with Crippen LogP contribution in [0.2, 0.25) is 0 Å². The Hall–Kier alpha value is 2.34. The molecule has 0 fully saturated rings. The van der Waals surface area contributed by atoms with Crippen molar-refractivity contribution in [2.24, 2.45) is 0 Å². The largest absolute Gasteiger partial charge is 1.00 e. The van der Waals surface area contributed by atoms with E-state index in [1.165, 1.54) is 5.75 Å². The topological polar surface area (TPSA) is 0 Å². The van der Waals surface area contributed by atoms with Gasteiger partial charge >= 0.3 is 51.4 Å². The minimum Gasteiger partial charge on any atom is -0.792 e. The molecule has 0 heterocycles. The third-order valence-corrected chi connectivity index (χ3v) is 1.80. The smallest absolute Gasteiger partial charge is 0.792 e. The molecule has 0 aliphatic heterocycles. The van der Waals surface area contributed by atoms with Crippen molar-refractivity contribution in [3.63, 3.8) is 0 Å².